The van der Waals surface area contributed by atoms with Crippen molar-refractivity contribution in [3.05, 3.63) is 65.5 Å². The monoisotopic (exact) mass is 253 g/mol. The molecular weight excluding hydrogens is 240 g/mol. The second-order valence-corrected chi connectivity index (χ2v) is 4.31. The third-order valence-electron chi connectivity index (χ3n) is 3.09. The van der Waals surface area contributed by atoms with Crippen molar-refractivity contribution in [2.45, 2.75) is 6.54 Å². The maximum atomic E-state index is 12.0. The van der Waals surface area contributed by atoms with Crippen molar-refractivity contribution in [2.24, 2.45) is 5.73 Å². The summed E-state index contributed by atoms with van der Waals surface area (Å²) in [4.78, 5) is 15.9. The van der Waals surface area contributed by atoms with Crippen molar-refractivity contribution in [3.8, 4) is 0 Å². The van der Waals surface area contributed by atoms with E-state index in [4.69, 9.17) is 5.73 Å². The number of carbonyl (C=O) groups is 1. The minimum atomic E-state index is -0.196. The number of aromatic nitrogens is 1. The number of hydrogen-bond acceptors (Lipinski definition) is 3. The van der Waals surface area contributed by atoms with E-state index < -0.39 is 0 Å². The second kappa shape index (κ2) is 4.53. The van der Waals surface area contributed by atoms with Crippen LogP contribution in [0.15, 0.2) is 48.8 Å². The van der Waals surface area contributed by atoms with Crippen LogP contribution in [-0.2, 0) is 6.54 Å². The second-order valence-electron chi connectivity index (χ2n) is 4.31. The molecule has 0 radical (unpaired) electrons. The summed E-state index contributed by atoms with van der Waals surface area (Å²) < 4.78 is 1.66. The number of amidine groups is 1. The summed E-state index contributed by atoms with van der Waals surface area (Å²) in [6.45, 7) is 0.582. The van der Waals surface area contributed by atoms with Gasteiger partial charge in [-0.3, -0.25) is 15.5 Å². The van der Waals surface area contributed by atoms with Gasteiger partial charge in [0.05, 0.1) is 5.56 Å². The number of benzene rings is 1. The van der Waals surface area contributed by atoms with Gasteiger partial charge in [-0.15, -0.1) is 0 Å². The van der Waals surface area contributed by atoms with Gasteiger partial charge in [0.15, 0.2) is 0 Å². The normalized spacial score (nSPS) is 13.3. The molecule has 0 unspecified atom stereocenters. The molecule has 0 atom stereocenters. The van der Waals surface area contributed by atoms with Crippen LogP contribution in [0.5, 0.6) is 0 Å². The number of rotatable bonds is 2. The van der Waals surface area contributed by atoms with Gasteiger partial charge in [0.25, 0.3) is 11.7 Å². The van der Waals surface area contributed by atoms with Gasteiger partial charge in [-0.25, -0.2) is 0 Å². The fraction of sp³-hybridized carbons (Fsp3) is 0.0714. The van der Waals surface area contributed by atoms with Gasteiger partial charge in [0.1, 0.15) is 6.54 Å². The van der Waals surface area contributed by atoms with E-state index in [1.165, 1.54) is 0 Å². The van der Waals surface area contributed by atoms with Gasteiger partial charge >= 0.3 is 0 Å². The van der Waals surface area contributed by atoms with E-state index in [2.05, 4.69) is 10.4 Å². The lowest BCUT2D eigenvalue weighted by Crippen LogP contribution is -2.38. The highest BCUT2D eigenvalue weighted by Gasteiger charge is 2.25. The third-order valence-corrected chi connectivity index (χ3v) is 3.09. The molecule has 94 valence electrons. The number of nitrogens with one attached hydrogen (secondary N) is 1. The Kier molecular flexibility index (Phi) is 2.72. The van der Waals surface area contributed by atoms with Crippen molar-refractivity contribution >= 4 is 11.7 Å². The first-order valence-electron chi connectivity index (χ1n) is 5.95. The minimum Gasteiger partial charge on any atom is -0.285 e. The van der Waals surface area contributed by atoms with Crippen LogP contribution < -0.4 is 11.2 Å². The van der Waals surface area contributed by atoms with Crippen LogP contribution in [0.4, 0.5) is 0 Å². The van der Waals surface area contributed by atoms with Crippen molar-refractivity contribution < 1.29 is 9.48 Å². The quantitative estimate of drug-likeness (QED) is 0.772. The van der Waals surface area contributed by atoms with Gasteiger partial charge in [0.2, 0.25) is 0 Å². The number of fused-ring (bicyclic) bond motifs is 1. The Bertz CT molecular complexity index is 664. The van der Waals surface area contributed by atoms with Gasteiger partial charge in [-0.05, 0) is 18.2 Å². The Hall–Kier alpha value is -2.69. The molecule has 3 N–H and O–H groups in total. The molecular formula is C14H13N4O+. The minimum absolute atomic E-state index is 0.196. The molecule has 5 heteroatoms. The molecule has 0 bridgehead atoms. The van der Waals surface area contributed by atoms with Crippen LogP contribution in [0.3, 0.4) is 0 Å². The summed E-state index contributed by atoms with van der Waals surface area (Å²) in [6, 6.07) is 11.2. The Labute approximate surface area is 110 Å². The van der Waals surface area contributed by atoms with Crippen molar-refractivity contribution in [3.63, 3.8) is 0 Å². The molecule has 0 spiro atoms. The molecule has 0 aliphatic carbocycles. The molecule has 1 aliphatic rings. The van der Waals surface area contributed by atoms with Gasteiger partial charge < -0.3 is 0 Å². The van der Waals surface area contributed by atoms with E-state index in [1.807, 2.05) is 24.3 Å². The Morgan fingerprint density at radius 2 is 1.95 bits per heavy atom. The van der Waals surface area contributed by atoms with Crippen LogP contribution in [0, 0.1) is 0 Å². The van der Waals surface area contributed by atoms with Gasteiger partial charge in [-0.2, -0.15) is 10.1 Å². The summed E-state index contributed by atoms with van der Waals surface area (Å²) in [5, 5.41) is 0. The largest absolute Gasteiger partial charge is 0.299 e. The van der Waals surface area contributed by atoms with E-state index in [9.17, 15) is 4.79 Å². The lowest BCUT2D eigenvalue weighted by Gasteiger charge is -2.04. The van der Waals surface area contributed by atoms with E-state index >= 15 is 0 Å². The zero-order chi connectivity index (χ0) is 13.2. The van der Waals surface area contributed by atoms with E-state index in [-0.39, 0.29) is 5.91 Å². The van der Waals surface area contributed by atoms with Crippen LogP contribution in [0.1, 0.15) is 21.5 Å². The predicted octanol–water partition coefficient (Wildman–Crippen LogP) is 0.658. The standard InChI is InChI=1S/C14H12N4O/c15-13-12-4-2-1-3-11(12)9-18(13)17-14(19)10-5-7-16-8-6-10/h1-8,15H,9H2,(H,17,19)/p+1. The number of hydrazine groups is 1. The predicted molar refractivity (Wildman–Crippen MR) is 70.4 cm³/mol. The summed E-state index contributed by atoms with van der Waals surface area (Å²) in [6.07, 6.45) is 3.17. The van der Waals surface area contributed by atoms with Crippen LogP contribution >= 0.6 is 0 Å². The highest BCUT2D eigenvalue weighted by molar-refractivity contribution is 5.98. The number of amides is 1. The Morgan fingerprint density at radius 3 is 2.68 bits per heavy atom. The zero-order valence-electron chi connectivity index (χ0n) is 10.2. The molecule has 1 amide bonds. The molecule has 2 heterocycles. The van der Waals surface area contributed by atoms with E-state index in [0.717, 1.165) is 11.1 Å². The smallest absolute Gasteiger partial charge is 0.285 e. The first kappa shape index (κ1) is 11.4. The van der Waals surface area contributed by atoms with Crippen molar-refractivity contribution in [2.75, 3.05) is 0 Å². The van der Waals surface area contributed by atoms with Crippen LogP contribution in [0.2, 0.25) is 0 Å². The van der Waals surface area contributed by atoms with Crippen LogP contribution in [0.25, 0.3) is 0 Å². The zero-order valence-corrected chi connectivity index (χ0v) is 10.2. The lowest BCUT2D eigenvalue weighted by atomic mass is 10.1. The van der Waals surface area contributed by atoms with Crippen LogP contribution in [-0.4, -0.2) is 21.4 Å². The number of nitrogens with two attached hydrogens (primary N) is 1. The number of pyridine rings is 1. The average molecular weight is 253 g/mol. The number of nitrogens with zero attached hydrogens (tertiary/aromatic N) is 2. The summed E-state index contributed by atoms with van der Waals surface area (Å²) in [5.41, 5.74) is 11.5. The molecule has 1 aromatic carbocycles. The van der Waals surface area contributed by atoms with E-state index in [0.29, 0.717) is 17.9 Å². The fourth-order valence-corrected chi connectivity index (χ4v) is 2.10. The molecule has 1 aliphatic heterocycles. The Balaban J connectivity index is 1.83. The van der Waals surface area contributed by atoms with Crippen molar-refractivity contribution in [1.82, 2.24) is 10.4 Å². The summed E-state index contributed by atoms with van der Waals surface area (Å²) >= 11 is 0. The lowest BCUT2D eigenvalue weighted by molar-refractivity contribution is -0.584. The highest BCUT2D eigenvalue weighted by atomic mass is 16.2. The average Bonchev–Trinajstić information content (AvgIpc) is 2.77. The number of hydrazone groups is 1. The molecule has 19 heavy (non-hydrogen) atoms. The van der Waals surface area contributed by atoms with Gasteiger partial charge in [0, 0.05) is 23.5 Å². The Morgan fingerprint density at radius 1 is 1.21 bits per heavy atom. The molecule has 2 aromatic rings. The molecule has 3 rings (SSSR count). The molecule has 1 aromatic heterocycles. The molecule has 0 fully saturated rings. The number of hydrogen-bond donors (Lipinski definition) is 2. The van der Waals surface area contributed by atoms with Crippen molar-refractivity contribution in [1.29, 1.82) is 0 Å². The summed E-state index contributed by atoms with van der Waals surface area (Å²) in [7, 11) is 0. The first-order chi connectivity index (χ1) is 9.25. The first-order valence-corrected chi connectivity index (χ1v) is 5.95. The molecule has 0 saturated heterocycles. The molecule has 5 nitrogen and oxygen atoms in total. The topological polar surface area (TPSA) is 71.0 Å². The highest BCUT2D eigenvalue weighted by Crippen LogP contribution is 2.15. The summed E-state index contributed by atoms with van der Waals surface area (Å²) in [5.74, 6) is 0.371. The fourth-order valence-electron chi connectivity index (χ4n) is 2.10. The maximum Gasteiger partial charge on any atom is 0.299 e. The SMILES string of the molecule is NC1=[N+](NC(=O)c2ccncc2)Cc2ccccc21. The maximum absolute atomic E-state index is 12.0. The third kappa shape index (κ3) is 2.06. The molecule has 0 saturated carbocycles. The number of carbonyl (C=O) groups excluding carboxylic acids is 1. The van der Waals surface area contributed by atoms with Gasteiger partial charge in [-0.1, -0.05) is 18.2 Å². The van der Waals surface area contributed by atoms with E-state index in [1.54, 1.807) is 29.2 Å².